The molecule has 0 saturated heterocycles. The number of hydrogen-bond acceptors (Lipinski definition) is 6. The van der Waals surface area contributed by atoms with Crippen LogP contribution in [0.2, 0.25) is 10.0 Å². The van der Waals surface area contributed by atoms with E-state index in [4.69, 9.17) is 32.7 Å². The molecule has 0 spiro atoms. The monoisotopic (exact) mass is 516 g/mol. The van der Waals surface area contributed by atoms with E-state index in [1.165, 1.54) is 15.9 Å². The first kappa shape index (κ1) is 24.3. The zero-order valence-electron chi connectivity index (χ0n) is 18.8. The summed E-state index contributed by atoms with van der Waals surface area (Å²) in [5.74, 6) is 0.120. The van der Waals surface area contributed by atoms with Crippen molar-refractivity contribution in [1.82, 2.24) is 4.57 Å². The van der Waals surface area contributed by atoms with Gasteiger partial charge in [-0.25, -0.2) is 9.79 Å². The Hall–Kier alpha value is -2.87. The minimum atomic E-state index is -0.828. The molecule has 0 saturated carbocycles. The molecule has 1 aliphatic rings. The Morgan fingerprint density at radius 2 is 1.91 bits per heavy atom. The van der Waals surface area contributed by atoms with E-state index < -0.39 is 12.0 Å². The number of carbonyl (C=O) groups is 1. The molecule has 0 amide bonds. The van der Waals surface area contributed by atoms with Crippen LogP contribution in [0.4, 0.5) is 0 Å². The minimum Gasteiger partial charge on any atom is -0.493 e. The van der Waals surface area contributed by atoms with Crippen LogP contribution >= 0.6 is 34.5 Å². The number of rotatable bonds is 6. The maximum Gasteiger partial charge on any atom is 0.338 e. The predicted octanol–water partition coefficient (Wildman–Crippen LogP) is 4.50. The van der Waals surface area contributed by atoms with Gasteiger partial charge in [-0.1, -0.05) is 64.9 Å². The van der Waals surface area contributed by atoms with Gasteiger partial charge < -0.3 is 9.47 Å². The van der Waals surface area contributed by atoms with Crippen LogP contribution in [-0.2, 0) is 9.53 Å². The Morgan fingerprint density at radius 1 is 1.15 bits per heavy atom. The van der Waals surface area contributed by atoms with E-state index in [0.717, 1.165) is 5.56 Å². The van der Waals surface area contributed by atoms with Gasteiger partial charge in [0, 0.05) is 11.1 Å². The summed E-state index contributed by atoms with van der Waals surface area (Å²) in [5, 5.41) is 0.590. The van der Waals surface area contributed by atoms with Gasteiger partial charge in [-0.3, -0.25) is 9.36 Å². The highest BCUT2D eigenvalue weighted by molar-refractivity contribution is 7.07. The molecule has 6 nitrogen and oxygen atoms in total. The first-order valence-corrected chi connectivity index (χ1v) is 12.3. The van der Waals surface area contributed by atoms with Crippen molar-refractivity contribution in [3.8, 4) is 5.75 Å². The SMILES string of the molecule is CCOC(=O)C1=C(C)N=c2s/c(=C\c3ccccc3OCC)c(=O)n2[C@H]1c1cccc(Cl)c1Cl. The van der Waals surface area contributed by atoms with Crippen molar-refractivity contribution in [3.05, 3.63) is 94.6 Å². The Balaban J connectivity index is 1.99. The number of fused-ring (bicyclic) bond motifs is 1. The van der Waals surface area contributed by atoms with Crippen molar-refractivity contribution in [2.75, 3.05) is 13.2 Å². The summed E-state index contributed by atoms with van der Waals surface area (Å²) in [4.78, 5) is 31.7. The van der Waals surface area contributed by atoms with E-state index in [9.17, 15) is 9.59 Å². The van der Waals surface area contributed by atoms with E-state index in [0.29, 0.717) is 38.0 Å². The molecule has 0 bridgehead atoms. The van der Waals surface area contributed by atoms with Gasteiger partial charge in [0.05, 0.1) is 39.1 Å². The second-order valence-electron chi connectivity index (χ2n) is 7.42. The van der Waals surface area contributed by atoms with E-state index in [1.807, 2.05) is 31.2 Å². The van der Waals surface area contributed by atoms with Gasteiger partial charge in [0.1, 0.15) is 11.8 Å². The molecule has 0 unspecified atom stereocenters. The second-order valence-corrected chi connectivity index (χ2v) is 9.21. The van der Waals surface area contributed by atoms with Gasteiger partial charge in [0.2, 0.25) is 0 Å². The molecule has 0 radical (unpaired) electrons. The lowest BCUT2D eigenvalue weighted by atomic mass is 9.96. The molecular formula is C25H22Cl2N2O4S. The summed E-state index contributed by atoms with van der Waals surface area (Å²) in [7, 11) is 0. The van der Waals surface area contributed by atoms with Crippen molar-refractivity contribution < 1.29 is 14.3 Å². The molecule has 4 rings (SSSR count). The van der Waals surface area contributed by atoms with Crippen LogP contribution in [0.5, 0.6) is 5.75 Å². The first-order chi connectivity index (χ1) is 16.4. The number of carbonyl (C=O) groups excluding carboxylic acids is 1. The van der Waals surface area contributed by atoms with Crippen LogP contribution < -0.4 is 19.6 Å². The topological polar surface area (TPSA) is 69.9 Å². The van der Waals surface area contributed by atoms with Gasteiger partial charge in [-0.2, -0.15) is 0 Å². The molecule has 176 valence electrons. The van der Waals surface area contributed by atoms with Crippen LogP contribution in [-0.4, -0.2) is 23.8 Å². The molecule has 1 aromatic heterocycles. The average molecular weight is 517 g/mol. The lowest BCUT2D eigenvalue weighted by molar-refractivity contribution is -0.139. The molecule has 3 aromatic rings. The number of nitrogens with zero attached hydrogens (tertiary/aromatic N) is 2. The third kappa shape index (κ3) is 4.43. The van der Waals surface area contributed by atoms with Crippen molar-refractivity contribution in [2.24, 2.45) is 4.99 Å². The van der Waals surface area contributed by atoms with Crippen LogP contribution in [0.25, 0.3) is 6.08 Å². The van der Waals surface area contributed by atoms with Gasteiger partial charge in [-0.05, 0) is 39.0 Å². The number of esters is 1. The summed E-state index contributed by atoms with van der Waals surface area (Å²) in [6, 6.07) is 11.8. The minimum absolute atomic E-state index is 0.185. The summed E-state index contributed by atoms with van der Waals surface area (Å²) < 4.78 is 12.9. The Morgan fingerprint density at radius 3 is 2.65 bits per heavy atom. The molecule has 0 fully saturated rings. The zero-order valence-corrected chi connectivity index (χ0v) is 21.1. The standard InChI is InChI=1S/C25H22Cl2N2O4S/c1-4-32-18-12-7-6-9-15(18)13-19-23(30)29-22(16-10-8-11-17(26)21(16)27)20(24(31)33-5-2)14(3)28-25(29)34-19/h6-13,22H,4-5H2,1-3H3/b19-13-/t22-/m0/s1. The number of thiazole rings is 1. The summed E-state index contributed by atoms with van der Waals surface area (Å²) >= 11 is 14.1. The number of aromatic nitrogens is 1. The second kappa shape index (κ2) is 10.2. The lowest BCUT2D eigenvalue weighted by Gasteiger charge is -2.25. The van der Waals surface area contributed by atoms with Crippen LogP contribution in [0.3, 0.4) is 0 Å². The molecule has 2 heterocycles. The Bertz CT molecular complexity index is 1470. The van der Waals surface area contributed by atoms with E-state index in [2.05, 4.69) is 4.99 Å². The number of benzene rings is 2. The fourth-order valence-electron chi connectivity index (χ4n) is 3.85. The van der Waals surface area contributed by atoms with Gasteiger partial charge >= 0.3 is 5.97 Å². The number of hydrogen-bond donors (Lipinski definition) is 0. The van der Waals surface area contributed by atoms with E-state index in [1.54, 1.807) is 38.1 Å². The molecule has 34 heavy (non-hydrogen) atoms. The molecule has 2 aromatic carbocycles. The van der Waals surface area contributed by atoms with Gasteiger partial charge in [-0.15, -0.1) is 0 Å². The summed E-state index contributed by atoms with van der Waals surface area (Å²) in [6.45, 7) is 6.03. The first-order valence-electron chi connectivity index (χ1n) is 10.7. The van der Waals surface area contributed by atoms with Gasteiger partial charge in [0.15, 0.2) is 4.80 Å². The van der Waals surface area contributed by atoms with Crippen molar-refractivity contribution in [3.63, 3.8) is 0 Å². The Kier molecular flexibility index (Phi) is 7.26. The third-order valence-electron chi connectivity index (χ3n) is 5.30. The van der Waals surface area contributed by atoms with Crippen molar-refractivity contribution >= 4 is 46.6 Å². The molecule has 1 atom stereocenters. The third-order valence-corrected chi connectivity index (χ3v) is 7.11. The predicted molar refractivity (Wildman–Crippen MR) is 134 cm³/mol. The normalized spacial score (nSPS) is 15.7. The molecule has 0 N–H and O–H groups in total. The smallest absolute Gasteiger partial charge is 0.338 e. The zero-order chi connectivity index (χ0) is 24.4. The highest BCUT2D eigenvalue weighted by Gasteiger charge is 2.34. The molecule has 1 aliphatic heterocycles. The van der Waals surface area contributed by atoms with Crippen LogP contribution in [0, 0.1) is 0 Å². The number of ether oxygens (including phenoxy) is 2. The van der Waals surface area contributed by atoms with Gasteiger partial charge in [0.25, 0.3) is 5.56 Å². The highest BCUT2D eigenvalue weighted by Crippen LogP contribution is 2.37. The molecular weight excluding hydrogens is 495 g/mol. The summed E-state index contributed by atoms with van der Waals surface area (Å²) in [6.07, 6.45) is 1.77. The highest BCUT2D eigenvalue weighted by atomic mass is 35.5. The number of halogens is 2. The average Bonchev–Trinajstić information content (AvgIpc) is 3.11. The number of allylic oxidation sites excluding steroid dienone is 1. The van der Waals surface area contributed by atoms with Crippen LogP contribution in [0.1, 0.15) is 37.9 Å². The van der Waals surface area contributed by atoms with E-state index >= 15 is 0 Å². The fourth-order valence-corrected chi connectivity index (χ4v) is 5.29. The van der Waals surface area contributed by atoms with Crippen molar-refractivity contribution in [2.45, 2.75) is 26.8 Å². The molecule has 0 aliphatic carbocycles. The maximum atomic E-state index is 13.7. The quantitative estimate of drug-likeness (QED) is 0.452. The largest absolute Gasteiger partial charge is 0.493 e. The van der Waals surface area contributed by atoms with E-state index in [-0.39, 0.29) is 22.8 Å². The maximum absolute atomic E-state index is 13.7. The molecule has 9 heteroatoms. The summed E-state index contributed by atoms with van der Waals surface area (Å²) in [5.41, 5.74) is 1.70. The fraction of sp³-hybridized carbons (Fsp3) is 0.240. The van der Waals surface area contributed by atoms with Crippen LogP contribution in [0.15, 0.2) is 63.5 Å². The Labute approximate surface area is 210 Å². The lowest BCUT2D eigenvalue weighted by Crippen LogP contribution is -2.40. The van der Waals surface area contributed by atoms with Crippen molar-refractivity contribution in [1.29, 1.82) is 0 Å². The number of para-hydroxylation sites is 1.